The zero-order chi connectivity index (χ0) is 14.7. The number of phenols is 1. The number of hydrogen-bond donors (Lipinski definition) is 2. The van der Waals surface area contributed by atoms with Crippen LogP contribution in [0.2, 0.25) is 0 Å². The molecule has 0 heterocycles. The molecular formula is C19H17NO. The molecule has 0 bridgehead atoms. The molecule has 0 aliphatic rings. The molecule has 0 spiro atoms. The molecule has 21 heavy (non-hydrogen) atoms. The van der Waals surface area contributed by atoms with Crippen molar-refractivity contribution >= 4 is 0 Å². The maximum absolute atomic E-state index is 9.90. The van der Waals surface area contributed by atoms with E-state index in [4.69, 9.17) is 5.73 Å². The molecule has 0 atom stereocenters. The minimum absolute atomic E-state index is 0.303. The average Bonchev–Trinajstić information content (AvgIpc) is 2.56. The maximum atomic E-state index is 9.90. The summed E-state index contributed by atoms with van der Waals surface area (Å²) in [6, 6.07) is 23.8. The van der Waals surface area contributed by atoms with Gasteiger partial charge in [-0.3, -0.25) is 0 Å². The van der Waals surface area contributed by atoms with Crippen molar-refractivity contribution in [2.75, 3.05) is 0 Å². The first-order valence-electron chi connectivity index (χ1n) is 6.96. The average molecular weight is 275 g/mol. The van der Waals surface area contributed by atoms with E-state index in [9.17, 15) is 5.11 Å². The zero-order valence-electron chi connectivity index (χ0n) is 11.7. The summed E-state index contributed by atoms with van der Waals surface area (Å²) in [5, 5.41) is 9.90. The smallest absolute Gasteiger partial charge is 0.123 e. The molecule has 2 heteroatoms. The third kappa shape index (κ3) is 2.81. The standard InChI is InChI=1S/C19H17NO/c20-13-14-5-7-15(8-6-14)16-9-11-17(12-10-16)18-3-1-2-4-19(18)21/h1-12,21H,13,20H2. The Bertz CT molecular complexity index is 730. The molecule has 0 aliphatic heterocycles. The molecule has 3 N–H and O–H groups in total. The molecule has 104 valence electrons. The highest BCUT2D eigenvalue weighted by Gasteiger charge is 2.04. The van der Waals surface area contributed by atoms with Gasteiger partial charge in [-0.2, -0.15) is 0 Å². The van der Waals surface area contributed by atoms with E-state index in [1.54, 1.807) is 6.07 Å². The summed E-state index contributed by atoms with van der Waals surface area (Å²) < 4.78 is 0. The van der Waals surface area contributed by atoms with E-state index in [-0.39, 0.29) is 0 Å². The summed E-state index contributed by atoms with van der Waals surface area (Å²) in [5.74, 6) is 0.303. The van der Waals surface area contributed by atoms with Crippen molar-refractivity contribution in [1.82, 2.24) is 0 Å². The van der Waals surface area contributed by atoms with Gasteiger partial charge in [0.15, 0.2) is 0 Å². The van der Waals surface area contributed by atoms with Gasteiger partial charge in [0.25, 0.3) is 0 Å². The number of phenolic OH excluding ortho intramolecular Hbond substituents is 1. The van der Waals surface area contributed by atoms with E-state index in [0.717, 1.165) is 27.8 Å². The molecule has 0 radical (unpaired) electrons. The van der Waals surface area contributed by atoms with Crippen molar-refractivity contribution in [1.29, 1.82) is 0 Å². The van der Waals surface area contributed by atoms with Crippen LogP contribution in [-0.2, 0) is 6.54 Å². The first kappa shape index (κ1) is 13.4. The molecule has 3 rings (SSSR count). The first-order valence-corrected chi connectivity index (χ1v) is 6.96. The van der Waals surface area contributed by atoms with Gasteiger partial charge in [-0.15, -0.1) is 0 Å². The van der Waals surface area contributed by atoms with E-state index >= 15 is 0 Å². The second-order valence-electron chi connectivity index (χ2n) is 5.00. The van der Waals surface area contributed by atoms with Crippen molar-refractivity contribution < 1.29 is 5.11 Å². The summed E-state index contributed by atoms with van der Waals surface area (Å²) in [6.07, 6.45) is 0. The SMILES string of the molecule is NCc1ccc(-c2ccc(-c3ccccc3O)cc2)cc1. The van der Waals surface area contributed by atoms with Gasteiger partial charge in [-0.1, -0.05) is 66.7 Å². The van der Waals surface area contributed by atoms with Crippen LogP contribution in [0.15, 0.2) is 72.8 Å². The summed E-state index contributed by atoms with van der Waals surface area (Å²) >= 11 is 0. The number of aromatic hydroxyl groups is 1. The van der Waals surface area contributed by atoms with Gasteiger partial charge in [0.2, 0.25) is 0 Å². The Morgan fingerprint density at radius 3 is 1.76 bits per heavy atom. The first-order chi connectivity index (χ1) is 10.3. The van der Waals surface area contributed by atoms with Crippen LogP contribution in [0.5, 0.6) is 5.75 Å². The summed E-state index contributed by atoms with van der Waals surface area (Å²) in [6.45, 7) is 0.562. The normalized spacial score (nSPS) is 10.5. The van der Waals surface area contributed by atoms with Gasteiger partial charge < -0.3 is 10.8 Å². The fraction of sp³-hybridized carbons (Fsp3) is 0.0526. The monoisotopic (exact) mass is 275 g/mol. The van der Waals surface area contributed by atoms with Crippen molar-refractivity contribution in [2.24, 2.45) is 5.73 Å². The Labute approximate surface area is 124 Å². The Morgan fingerprint density at radius 1 is 0.667 bits per heavy atom. The molecular weight excluding hydrogens is 258 g/mol. The Balaban J connectivity index is 1.92. The number of hydrogen-bond acceptors (Lipinski definition) is 2. The van der Waals surface area contributed by atoms with E-state index in [1.165, 1.54) is 0 Å². The van der Waals surface area contributed by atoms with Gasteiger partial charge in [-0.05, 0) is 28.3 Å². The molecule has 0 fully saturated rings. The predicted molar refractivity (Wildman–Crippen MR) is 86.9 cm³/mol. The lowest BCUT2D eigenvalue weighted by Crippen LogP contribution is -1.95. The lowest BCUT2D eigenvalue weighted by Gasteiger charge is -2.07. The molecule has 0 saturated carbocycles. The maximum Gasteiger partial charge on any atom is 0.123 e. The fourth-order valence-electron chi connectivity index (χ4n) is 2.39. The Hall–Kier alpha value is -2.58. The molecule has 0 aliphatic carbocycles. The molecule has 3 aromatic carbocycles. The van der Waals surface area contributed by atoms with Gasteiger partial charge in [-0.25, -0.2) is 0 Å². The van der Waals surface area contributed by atoms with Crippen LogP contribution < -0.4 is 5.73 Å². The highest BCUT2D eigenvalue weighted by atomic mass is 16.3. The summed E-state index contributed by atoms with van der Waals surface area (Å²) in [4.78, 5) is 0. The highest BCUT2D eigenvalue weighted by Crippen LogP contribution is 2.30. The molecule has 0 unspecified atom stereocenters. The molecule has 2 nitrogen and oxygen atoms in total. The Morgan fingerprint density at radius 2 is 1.19 bits per heavy atom. The van der Waals surface area contributed by atoms with Crippen molar-refractivity contribution in [3.05, 3.63) is 78.4 Å². The molecule has 3 aromatic rings. The fourth-order valence-corrected chi connectivity index (χ4v) is 2.39. The third-order valence-electron chi connectivity index (χ3n) is 3.62. The number of rotatable bonds is 3. The number of para-hydroxylation sites is 1. The predicted octanol–water partition coefficient (Wildman–Crippen LogP) is 4.18. The van der Waals surface area contributed by atoms with Crippen LogP contribution in [0.1, 0.15) is 5.56 Å². The van der Waals surface area contributed by atoms with E-state index in [1.807, 2.05) is 42.5 Å². The van der Waals surface area contributed by atoms with Gasteiger partial charge >= 0.3 is 0 Å². The minimum atomic E-state index is 0.303. The summed E-state index contributed by atoms with van der Waals surface area (Å²) in [5.41, 5.74) is 10.9. The van der Waals surface area contributed by atoms with Gasteiger partial charge in [0, 0.05) is 12.1 Å². The van der Waals surface area contributed by atoms with Gasteiger partial charge in [0.05, 0.1) is 0 Å². The van der Waals surface area contributed by atoms with Crippen LogP contribution in [0.4, 0.5) is 0 Å². The van der Waals surface area contributed by atoms with E-state index in [0.29, 0.717) is 12.3 Å². The largest absolute Gasteiger partial charge is 0.507 e. The number of nitrogens with two attached hydrogens (primary N) is 1. The van der Waals surface area contributed by atoms with Crippen LogP contribution in [0, 0.1) is 0 Å². The van der Waals surface area contributed by atoms with Crippen molar-refractivity contribution in [3.63, 3.8) is 0 Å². The third-order valence-corrected chi connectivity index (χ3v) is 3.62. The van der Waals surface area contributed by atoms with Crippen LogP contribution in [0.3, 0.4) is 0 Å². The second kappa shape index (κ2) is 5.81. The second-order valence-corrected chi connectivity index (χ2v) is 5.00. The highest BCUT2D eigenvalue weighted by molar-refractivity contribution is 5.73. The zero-order valence-corrected chi connectivity index (χ0v) is 11.7. The number of benzene rings is 3. The van der Waals surface area contributed by atoms with E-state index in [2.05, 4.69) is 24.3 Å². The van der Waals surface area contributed by atoms with Crippen molar-refractivity contribution in [2.45, 2.75) is 6.54 Å². The van der Waals surface area contributed by atoms with Gasteiger partial charge in [0.1, 0.15) is 5.75 Å². The van der Waals surface area contributed by atoms with Crippen LogP contribution in [-0.4, -0.2) is 5.11 Å². The van der Waals surface area contributed by atoms with Crippen LogP contribution >= 0.6 is 0 Å². The lowest BCUT2D eigenvalue weighted by atomic mass is 9.99. The van der Waals surface area contributed by atoms with Crippen LogP contribution in [0.25, 0.3) is 22.3 Å². The summed E-state index contributed by atoms with van der Waals surface area (Å²) in [7, 11) is 0. The lowest BCUT2D eigenvalue weighted by molar-refractivity contribution is 0.477. The molecule has 0 amide bonds. The molecule has 0 saturated heterocycles. The quantitative estimate of drug-likeness (QED) is 0.753. The molecule has 0 aromatic heterocycles. The minimum Gasteiger partial charge on any atom is -0.507 e. The van der Waals surface area contributed by atoms with E-state index < -0.39 is 0 Å². The topological polar surface area (TPSA) is 46.2 Å². The Kier molecular flexibility index (Phi) is 3.71. The van der Waals surface area contributed by atoms with Crippen molar-refractivity contribution in [3.8, 4) is 28.0 Å².